The quantitative estimate of drug-likeness (QED) is 0.563. The highest BCUT2D eigenvalue weighted by Gasteiger charge is 2.30. The molecule has 1 N–H and O–H groups in total. The molecule has 7 nitrogen and oxygen atoms in total. The average Bonchev–Trinajstić information content (AvgIpc) is 2.56. The second-order valence-corrected chi connectivity index (χ2v) is 8.24. The summed E-state index contributed by atoms with van der Waals surface area (Å²) in [6.07, 6.45) is 0.339. The molecule has 1 aliphatic heterocycles. The Bertz CT molecular complexity index is 444. The van der Waals surface area contributed by atoms with E-state index in [9.17, 15) is 16.8 Å². The van der Waals surface area contributed by atoms with Crippen molar-refractivity contribution in [3.63, 3.8) is 0 Å². The van der Waals surface area contributed by atoms with Gasteiger partial charge in [0, 0.05) is 13.2 Å². The molecule has 1 atom stereocenters. The van der Waals surface area contributed by atoms with Crippen molar-refractivity contribution in [3.05, 3.63) is 0 Å². The van der Waals surface area contributed by atoms with Crippen molar-refractivity contribution >= 4 is 19.9 Å². The van der Waals surface area contributed by atoms with Crippen LogP contribution in [-0.4, -0.2) is 67.1 Å². The second kappa shape index (κ2) is 6.80. The summed E-state index contributed by atoms with van der Waals surface area (Å²) in [5.74, 6) is -0.242. The minimum atomic E-state index is -3.48. The Morgan fingerprint density at radius 2 is 2.00 bits per heavy atom. The van der Waals surface area contributed by atoms with Gasteiger partial charge in [0.25, 0.3) is 0 Å². The molecule has 9 heteroatoms. The summed E-state index contributed by atoms with van der Waals surface area (Å²) in [7, 11) is -5.03. The van der Waals surface area contributed by atoms with Crippen LogP contribution in [0.5, 0.6) is 0 Å². The molecule has 1 unspecified atom stereocenters. The minimum absolute atomic E-state index is 0.0462. The van der Waals surface area contributed by atoms with Crippen molar-refractivity contribution in [2.24, 2.45) is 0 Å². The van der Waals surface area contributed by atoms with Gasteiger partial charge in [-0.3, -0.25) is 0 Å². The summed E-state index contributed by atoms with van der Waals surface area (Å²) in [6.45, 7) is 0.816. The van der Waals surface area contributed by atoms with E-state index in [0.29, 0.717) is 19.6 Å². The third-order valence-corrected chi connectivity index (χ3v) is 5.67. The fourth-order valence-corrected chi connectivity index (χ4v) is 4.56. The molecule has 0 amide bonds. The van der Waals surface area contributed by atoms with E-state index in [1.165, 1.54) is 7.11 Å². The van der Waals surface area contributed by atoms with Crippen LogP contribution in [-0.2, 0) is 29.3 Å². The van der Waals surface area contributed by atoms with Crippen LogP contribution in [0.4, 0.5) is 0 Å². The average molecular weight is 301 g/mol. The molecule has 108 valence electrons. The third-order valence-electron chi connectivity index (χ3n) is 2.51. The number of rotatable bonds is 8. The minimum Gasteiger partial charge on any atom is -0.382 e. The smallest absolute Gasteiger partial charge is 0.214 e. The molecule has 0 bridgehead atoms. The number of sulfone groups is 1. The summed E-state index contributed by atoms with van der Waals surface area (Å²) in [5.41, 5.74) is 0. The van der Waals surface area contributed by atoms with Crippen LogP contribution in [0.25, 0.3) is 0 Å². The number of ether oxygens (including phenoxy) is 2. The highest BCUT2D eigenvalue weighted by molar-refractivity contribution is 7.92. The van der Waals surface area contributed by atoms with Crippen LogP contribution in [0, 0.1) is 0 Å². The molecule has 18 heavy (non-hydrogen) atoms. The van der Waals surface area contributed by atoms with Crippen LogP contribution < -0.4 is 4.72 Å². The molecule has 1 saturated heterocycles. The zero-order chi connectivity index (χ0) is 13.6. The monoisotopic (exact) mass is 301 g/mol. The van der Waals surface area contributed by atoms with E-state index < -0.39 is 25.9 Å². The van der Waals surface area contributed by atoms with E-state index in [2.05, 4.69) is 4.72 Å². The zero-order valence-electron chi connectivity index (χ0n) is 10.3. The largest absolute Gasteiger partial charge is 0.382 e. The first-order valence-electron chi connectivity index (χ1n) is 5.62. The van der Waals surface area contributed by atoms with Gasteiger partial charge in [-0.1, -0.05) is 0 Å². The van der Waals surface area contributed by atoms with Crippen LogP contribution in [0.3, 0.4) is 0 Å². The SMILES string of the molecule is COCCOCCS(=O)(=O)NC1CCS(=O)(=O)C1. The number of hydrogen-bond acceptors (Lipinski definition) is 6. The molecule has 0 radical (unpaired) electrons. The standard InChI is InChI=1S/C9H19NO6S2/c1-15-3-4-16-5-7-18(13,14)10-9-2-6-17(11,12)8-9/h9-10H,2-8H2,1H3. The van der Waals surface area contributed by atoms with Gasteiger partial charge in [-0.25, -0.2) is 21.6 Å². The Morgan fingerprint density at radius 1 is 1.28 bits per heavy atom. The lowest BCUT2D eigenvalue weighted by atomic mass is 10.3. The zero-order valence-corrected chi connectivity index (χ0v) is 11.9. The lowest BCUT2D eigenvalue weighted by molar-refractivity contribution is 0.0784. The number of hydrogen-bond donors (Lipinski definition) is 1. The van der Waals surface area contributed by atoms with Crippen LogP contribution in [0.15, 0.2) is 0 Å². The third kappa shape index (κ3) is 6.10. The highest BCUT2D eigenvalue weighted by Crippen LogP contribution is 2.12. The maximum atomic E-state index is 11.6. The first-order chi connectivity index (χ1) is 8.35. The molecule has 1 heterocycles. The van der Waals surface area contributed by atoms with Crippen LogP contribution >= 0.6 is 0 Å². The Kier molecular flexibility index (Phi) is 5.99. The topological polar surface area (TPSA) is 98.8 Å². The fourth-order valence-electron chi connectivity index (χ4n) is 1.61. The van der Waals surface area contributed by atoms with Gasteiger partial charge in [-0.05, 0) is 6.42 Å². The molecular formula is C9H19NO6S2. The normalized spacial score (nSPS) is 23.3. The summed E-state index contributed by atoms with van der Waals surface area (Å²) >= 11 is 0. The van der Waals surface area contributed by atoms with Gasteiger partial charge >= 0.3 is 0 Å². The molecule has 0 aliphatic carbocycles. The van der Waals surface area contributed by atoms with Gasteiger partial charge in [-0.2, -0.15) is 0 Å². The number of nitrogens with one attached hydrogen (secondary N) is 1. The Labute approximate surface area is 108 Å². The van der Waals surface area contributed by atoms with Gasteiger partial charge in [0.2, 0.25) is 10.0 Å². The molecule has 0 aromatic rings. The van der Waals surface area contributed by atoms with Gasteiger partial charge in [0.1, 0.15) is 0 Å². The maximum Gasteiger partial charge on any atom is 0.214 e. The molecular weight excluding hydrogens is 282 g/mol. The number of sulfonamides is 1. The first kappa shape index (κ1) is 15.8. The van der Waals surface area contributed by atoms with E-state index in [0.717, 1.165) is 0 Å². The lowest BCUT2D eigenvalue weighted by Gasteiger charge is -2.11. The molecule has 1 rings (SSSR count). The number of methoxy groups -OCH3 is 1. The van der Waals surface area contributed by atoms with Crippen molar-refractivity contribution in [2.45, 2.75) is 12.5 Å². The van der Waals surface area contributed by atoms with Gasteiger partial charge < -0.3 is 9.47 Å². The Balaban J connectivity index is 2.28. The second-order valence-electron chi connectivity index (χ2n) is 4.14. The van der Waals surface area contributed by atoms with E-state index in [-0.39, 0.29) is 23.9 Å². The summed E-state index contributed by atoms with van der Waals surface area (Å²) in [6, 6.07) is -0.501. The molecule has 1 fully saturated rings. The summed E-state index contributed by atoms with van der Waals surface area (Å²) in [4.78, 5) is 0. The lowest BCUT2D eigenvalue weighted by Crippen LogP contribution is -2.38. The van der Waals surface area contributed by atoms with Crippen molar-refractivity contribution in [1.82, 2.24) is 4.72 Å². The maximum absolute atomic E-state index is 11.6. The van der Waals surface area contributed by atoms with E-state index in [1.54, 1.807) is 0 Å². The molecule has 1 aliphatic rings. The summed E-state index contributed by atoms with van der Waals surface area (Å²) < 4.78 is 57.8. The van der Waals surface area contributed by atoms with Crippen LogP contribution in [0.2, 0.25) is 0 Å². The Hall–Kier alpha value is -0.220. The predicted molar refractivity (Wildman–Crippen MR) is 66.7 cm³/mol. The van der Waals surface area contributed by atoms with Crippen molar-refractivity contribution in [2.75, 3.05) is 44.2 Å². The van der Waals surface area contributed by atoms with Crippen molar-refractivity contribution < 1.29 is 26.3 Å². The van der Waals surface area contributed by atoms with E-state index >= 15 is 0 Å². The molecule has 0 spiro atoms. The fraction of sp³-hybridized carbons (Fsp3) is 1.00. The Morgan fingerprint density at radius 3 is 2.56 bits per heavy atom. The molecule has 0 aromatic carbocycles. The van der Waals surface area contributed by atoms with Gasteiger partial charge in [0.15, 0.2) is 9.84 Å². The van der Waals surface area contributed by atoms with Crippen molar-refractivity contribution in [3.8, 4) is 0 Å². The highest BCUT2D eigenvalue weighted by atomic mass is 32.2. The van der Waals surface area contributed by atoms with Crippen molar-refractivity contribution in [1.29, 1.82) is 0 Å². The van der Waals surface area contributed by atoms with E-state index in [1.807, 2.05) is 0 Å². The van der Waals surface area contributed by atoms with Crippen LogP contribution in [0.1, 0.15) is 6.42 Å². The summed E-state index contributed by atoms with van der Waals surface area (Å²) in [5, 5.41) is 0. The van der Waals surface area contributed by atoms with E-state index in [4.69, 9.17) is 9.47 Å². The molecule has 0 aromatic heterocycles. The first-order valence-corrected chi connectivity index (χ1v) is 9.09. The molecule has 0 saturated carbocycles. The van der Waals surface area contributed by atoms with Gasteiger partial charge in [-0.15, -0.1) is 0 Å². The predicted octanol–water partition coefficient (Wildman–Crippen LogP) is -1.24. The van der Waals surface area contributed by atoms with Gasteiger partial charge in [0.05, 0.1) is 37.1 Å².